The van der Waals surface area contributed by atoms with Gasteiger partial charge in [0.1, 0.15) is 80.6 Å². The Labute approximate surface area is 316 Å². The number of nitriles is 1. The molecule has 1 amide bonds. The molecule has 14 nitrogen and oxygen atoms in total. The van der Waals surface area contributed by atoms with E-state index in [1.807, 2.05) is 4.72 Å². The second-order valence-corrected chi connectivity index (χ2v) is 18.3. The fourth-order valence-electron chi connectivity index (χ4n) is 6.83. The molecule has 1 aromatic heterocycles. The van der Waals surface area contributed by atoms with Crippen molar-refractivity contribution in [1.82, 2.24) is 10.0 Å². The number of piperazine rings is 3. The molecule has 0 radical (unpaired) electrons. The predicted molar refractivity (Wildman–Crippen MR) is 190 cm³/mol. The van der Waals surface area contributed by atoms with Gasteiger partial charge >= 0.3 is 7.60 Å². The number of nitrogens with one attached hydrogen (secondary N) is 2. The Bertz CT molecular complexity index is 2330. The van der Waals surface area contributed by atoms with Gasteiger partial charge in [-0.2, -0.15) is 14.4 Å². The number of carbonyl (C=O) groups is 1. The molecule has 4 heterocycles. The number of thiophene rings is 1. The number of phenols is 2. The molecule has 1 atom stereocenters. The van der Waals surface area contributed by atoms with Crippen LogP contribution >= 0.6 is 18.9 Å². The number of quaternary nitrogens is 2. The number of hydrogen-bond acceptors (Lipinski definition) is 10. The summed E-state index contributed by atoms with van der Waals surface area (Å²) in [6.07, 6.45) is -0.535. The highest BCUT2D eigenvalue weighted by Gasteiger charge is 2.48. The van der Waals surface area contributed by atoms with Gasteiger partial charge in [0.2, 0.25) is 5.82 Å². The van der Waals surface area contributed by atoms with E-state index < -0.39 is 84.6 Å². The van der Waals surface area contributed by atoms with E-state index in [0.29, 0.717) is 36.1 Å². The number of phenolic OH excluding ortho intramolecular Hbond substituents is 2. The lowest BCUT2D eigenvalue weighted by Crippen LogP contribution is -2.75. The first kappa shape index (κ1) is 40.2. The van der Waals surface area contributed by atoms with Crippen molar-refractivity contribution < 1.29 is 68.7 Å². The second kappa shape index (κ2) is 15.6. The van der Waals surface area contributed by atoms with Crippen molar-refractivity contribution in [2.45, 2.75) is 10.6 Å². The van der Waals surface area contributed by atoms with Gasteiger partial charge in [0.15, 0.2) is 28.9 Å². The number of rotatable bonds is 15. The first-order valence-electron chi connectivity index (χ1n) is 16.9. The number of fused-ring (bicyclic) bond motifs is 4. The number of sulfonamides is 1. The minimum atomic E-state index is -4.79. The number of halogens is 4. The number of nitrogens with zero attached hydrogens (tertiary/aromatic N) is 3. The average Bonchev–Trinajstić information content (AvgIpc) is 3.62. The lowest BCUT2D eigenvalue weighted by molar-refractivity contribution is -1.08. The van der Waals surface area contributed by atoms with E-state index in [-0.39, 0.29) is 34.8 Å². The van der Waals surface area contributed by atoms with Crippen molar-refractivity contribution in [3.05, 3.63) is 76.9 Å². The summed E-state index contributed by atoms with van der Waals surface area (Å²) in [6.45, 7) is 6.19. The van der Waals surface area contributed by atoms with Crippen LogP contribution in [0.3, 0.4) is 0 Å². The van der Waals surface area contributed by atoms with Gasteiger partial charge in [0.25, 0.3) is 15.9 Å². The molecule has 3 aromatic carbocycles. The molecule has 3 aliphatic rings. The molecule has 5 N–H and O–H groups in total. The zero-order valence-corrected chi connectivity index (χ0v) is 31.5. The number of para-hydroxylation sites is 1. The molecule has 3 aliphatic heterocycles. The minimum Gasteiger partial charge on any atom is -0.504 e. The van der Waals surface area contributed by atoms with Crippen molar-refractivity contribution in [2.24, 2.45) is 0 Å². The van der Waals surface area contributed by atoms with Crippen molar-refractivity contribution in [2.75, 3.05) is 71.8 Å². The van der Waals surface area contributed by atoms with Crippen molar-refractivity contribution in [3.63, 3.8) is 0 Å². The lowest BCUT2D eigenvalue weighted by atomic mass is 10.1. The Morgan fingerprint density at radius 2 is 1.64 bits per heavy atom. The molecular weight excluding hydrogens is 794 g/mol. The van der Waals surface area contributed by atoms with Crippen molar-refractivity contribution in [1.29, 1.82) is 5.26 Å². The van der Waals surface area contributed by atoms with E-state index in [0.717, 1.165) is 62.4 Å². The van der Waals surface area contributed by atoms with Gasteiger partial charge in [-0.3, -0.25) is 4.79 Å². The highest BCUT2D eigenvalue weighted by atomic mass is 32.2. The summed E-state index contributed by atoms with van der Waals surface area (Å²) < 4.78 is 111. The molecule has 4 aromatic rings. The summed E-state index contributed by atoms with van der Waals surface area (Å²) in [5, 5.41) is 30.5. The van der Waals surface area contributed by atoms with Crippen LogP contribution in [0.15, 0.2) is 46.7 Å². The summed E-state index contributed by atoms with van der Waals surface area (Å²) >= 11 is 0.254. The number of carbonyl (C=O) groups excluding carboxylic acids is 1. The van der Waals surface area contributed by atoms with Crippen molar-refractivity contribution in [3.8, 4) is 29.1 Å². The van der Waals surface area contributed by atoms with Crippen LogP contribution in [0, 0.1) is 34.6 Å². The summed E-state index contributed by atoms with van der Waals surface area (Å²) in [5.74, 6) is -8.33. The Kier molecular flexibility index (Phi) is 11.4. The number of amides is 1. The smallest absolute Gasteiger partial charge is 0.391 e. The second-order valence-electron chi connectivity index (χ2n) is 13.5. The van der Waals surface area contributed by atoms with Gasteiger partial charge < -0.3 is 38.6 Å². The van der Waals surface area contributed by atoms with E-state index in [4.69, 9.17) is 14.5 Å². The third kappa shape index (κ3) is 8.53. The summed E-state index contributed by atoms with van der Waals surface area (Å²) in [5.41, 5.74) is -0.372. The molecule has 3 fully saturated rings. The van der Waals surface area contributed by atoms with Crippen LogP contribution in [-0.4, -0.2) is 110 Å². The van der Waals surface area contributed by atoms with Crippen LogP contribution in [0.4, 0.5) is 17.6 Å². The highest BCUT2D eigenvalue weighted by Crippen LogP contribution is 2.43. The Morgan fingerprint density at radius 3 is 2.29 bits per heavy atom. The average molecular weight is 830 g/mol. The van der Waals surface area contributed by atoms with E-state index in [2.05, 4.69) is 5.32 Å². The first-order chi connectivity index (χ1) is 26.0. The Morgan fingerprint density at radius 1 is 0.964 bits per heavy atom. The Balaban J connectivity index is 1.02. The molecule has 1 unspecified atom stereocenters. The quantitative estimate of drug-likeness (QED) is 0.0291. The van der Waals surface area contributed by atoms with Crippen LogP contribution in [-0.2, 0) is 14.6 Å². The molecule has 294 valence electrons. The minimum absolute atomic E-state index is 0.0153. The Hall–Kier alpha value is -4.48. The van der Waals surface area contributed by atoms with Crippen LogP contribution in [0.1, 0.15) is 22.3 Å². The van der Waals surface area contributed by atoms with Gasteiger partial charge in [0, 0.05) is 24.4 Å². The maximum absolute atomic E-state index is 15.6. The van der Waals surface area contributed by atoms with Crippen LogP contribution < -0.4 is 19.3 Å². The summed E-state index contributed by atoms with van der Waals surface area (Å²) in [6, 6.07) is 9.09. The van der Waals surface area contributed by atoms with E-state index >= 15 is 13.2 Å². The molecule has 55 heavy (non-hydrogen) atoms. The fraction of sp³-hybridized carbons (Fsp3) is 0.353. The third-order valence-corrected chi connectivity index (χ3v) is 14.3. The number of ether oxygens (including phenoxy) is 1. The fourth-order valence-corrected chi connectivity index (χ4v) is 10.8. The normalized spacial score (nSPS) is 20.5. The van der Waals surface area contributed by atoms with Gasteiger partial charge in [-0.15, -0.1) is 11.3 Å². The SMILES string of the molecule is N#Cc1ccc(OP(=O)(O)CNS(=O)(=O)c2cc3c(F)c(F)c(OCC[N+]45CC[N+](CCCNC(=O)c6cccc(O)c6O)(CC4)CC5)c(F)c3s2)cc1F. The van der Waals surface area contributed by atoms with Gasteiger partial charge in [-0.05, 0) is 30.3 Å². The molecule has 0 spiro atoms. The van der Waals surface area contributed by atoms with Crippen LogP contribution in [0.5, 0.6) is 23.0 Å². The molecule has 3 saturated heterocycles. The zero-order valence-electron chi connectivity index (χ0n) is 28.9. The highest BCUT2D eigenvalue weighted by molar-refractivity contribution is 7.92. The van der Waals surface area contributed by atoms with Gasteiger partial charge in [0.05, 0.1) is 22.4 Å². The van der Waals surface area contributed by atoms with Crippen LogP contribution in [0.2, 0.25) is 0 Å². The monoisotopic (exact) mass is 829 g/mol. The third-order valence-electron chi connectivity index (χ3n) is 10.1. The largest absolute Gasteiger partial charge is 0.504 e. The summed E-state index contributed by atoms with van der Waals surface area (Å²) in [4.78, 5) is 22.6. The predicted octanol–water partition coefficient (Wildman–Crippen LogP) is 4.10. The van der Waals surface area contributed by atoms with E-state index in [1.165, 1.54) is 18.2 Å². The van der Waals surface area contributed by atoms with E-state index in [1.54, 1.807) is 6.07 Å². The topological polar surface area (TPSA) is 195 Å². The van der Waals surface area contributed by atoms with Gasteiger partial charge in [-0.1, -0.05) is 6.07 Å². The number of aromatic hydroxyl groups is 2. The number of benzene rings is 3. The maximum Gasteiger partial charge on any atom is 0.391 e. The maximum atomic E-state index is 15.6. The molecule has 2 bridgehead atoms. The molecule has 21 heteroatoms. The standard InChI is InChI=1S/C34H34F4N5O9PS2/c35-25-17-22(6-5-21(25)19-39)52-53(47,48)20-41-55(49,50)27-18-24-28(36)29(37)32(30(38)33(24)54-27)51-16-15-43-12-9-42(10-13-43,11-14-43)8-2-7-40-34(46)23-3-1-4-26(44)31(23)45/h1,3-6,17-18,41H,2,7-16,20H2,(H2-2,40,44,45,46,47,48)/p+2. The molecule has 0 saturated carbocycles. The lowest BCUT2D eigenvalue weighted by Gasteiger charge is -2.55. The number of hydrogen-bond donors (Lipinski definition) is 5. The van der Waals surface area contributed by atoms with Crippen molar-refractivity contribution >= 4 is 44.9 Å². The molecular formula is C34H36F4N5O9PS2+2. The molecule has 0 aliphatic carbocycles. The van der Waals surface area contributed by atoms with Gasteiger partial charge in [-0.25, -0.2) is 26.2 Å². The van der Waals surface area contributed by atoms with Crippen LogP contribution in [0.25, 0.3) is 10.1 Å². The first-order valence-corrected chi connectivity index (χ1v) is 21.0. The zero-order chi connectivity index (χ0) is 39.8. The van der Waals surface area contributed by atoms with E-state index in [9.17, 15) is 37.3 Å². The summed E-state index contributed by atoms with van der Waals surface area (Å²) in [7, 11) is -9.49. The molecule has 7 rings (SSSR count).